The Bertz CT molecular complexity index is 1410. The summed E-state index contributed by atoms with van der Waals surface area (Å²) < 4.78 is 32.6. The van der Waals surface area contributed by atoms with Crippen molar-refractivity contribution in [3.05, 3.63) is 41.7 Å². The van der Waals surface area contributed by atoms with Gasteiger partial charge in [0.05, 0.1) is 23.1 Å². The predicted octanol–water partition coefficient (Wildman–Crippen LogP) is 3.38. The quantitative estimate of drug-likeness (QED) is 0.407. The van der Waals surface area contributed by atoms with Gasteiger partial charge in [-0.3, -0.25) is 19.5 Å². The molecule has 1 atom stereocenters. The Kier molecular flexibility index (Phi) is 5.91. The molecular formula is C26H31N5O5. The summed E-state index contributed by atoms with van der Waals surface area (Å²) in [4.78, 5) is 41.9. The van der Waals surface area contributed by atoms with E-state index < -0.39 is 30.6 Å². The zero-order valence-corrected chi connectivity index (χ0v) is 20.6. The van der Waals surface area contributed by atoms with Crippen LogP contribution >= 0.6 is 0 Å². The van der Waals surface area contributed by atoms with Gasteiger partial charge in [-0.2, -0.15) is 5.10 Å². The van der Waals surface area contributed by atoms with Gasteiger partial charge in [-0.15, -0.1) is 0 Å². The smallest absolute Gasteiger partial charge is 0.308 e. The number of methoxy groups -OCH3 is 1. The number of nitrogens with zero attached hydrogens (tertiary/aromatic N) is 2. The van der Waals surface area contributed by atoms with Gasteiger partial charge in [-0.05, 0) is 64.3 Å². The number of benzene rings is 1. The maximum Gasteiger partial charge on any atom is 0.308 e. The number of nitrogens with one attached hydrogen (secondary N) is 3. The number of aromatic nitrogens is 3. The molecule has 2 amide bonds. The van der Waals surface area contributed by atoms with E-state index in [0.29, 0.717) is 27.7 Å². The number of hydrogen-bond donors (Lipinski definition) is 3. The lowest BCUT2D eigenvalue weighted by Gasteiger charge is -2.21. The number of esters is 1. The lowest BCUT2D eigenvalue weighted by molar-refractivity contribution is -0.155. The lowest BCUT2D eigenvalue weighted by atomic mass is 10.0. The molecule has 1 aliphatic carbocycles. The van der Waals surface area contributed by atoms with E-state index in [1.54, 1.807) is 45.9 Å². The fourth-order valence-electron chi connectivity index (χ4n) is 3.69. The van der Waals surface area contributed by atoms with Gasteiger partial charge < -0.3 is 20.1 Å². The Balaban J connectivity index is 1.59. The second kappa shape index (κ2) is 9.96. The van der Waals surface area contributed by atoms with Crippen molar-refractivity contribution in [3.63, 3.8) is 0 Å². The van der Waals surface area contributed by atoms with Crippen molar-refractivity contribution in [2.24, 2.45) is 0 Å². The highest BCUT2D eigenvalue weighted by molar-refractivity contribution is 6.05. The maximum atomic E-state index is 13.2. The van der Waals surface area contributed by atoms with Gasteiger partial charge in [0, 0.05) is 29.2 Å². The van der Waals surface area contributed by atoms with E-state index in [9.17, 15) is 14.4 Å². The molecule has 0 unspecified atom stereocenters. The third-order valence-corrected chi connectivity index (χ3v) is 5.49. The first-order chi connectivity index (χ1) is 18.2. The lowest BCUT2D eigenvalue weighted by Crippen LogP contribution is -2.36. The van der Waals surface area contributed by atoms with Gasteiger partial charge in [0.2, 0.25) is 5.88 Å². The van der Waals surface area contributed by atoms with Gasteiger partial charge in [-0.1, -0.05) is 6.07 Å². The molecule has 3 N–H and O–H groups in total. The summed E-state index contributed by atoms with van der Waals surface area (Å²) >= 11 is 0. The molecule has 0 bridgehead atoms. The van der Waals surface area contributed by atoms with Crippen molar-refractivity contribution < 1.29 is 28.0 Å². The molecule has 10 nitrogen and oxygen atoms in total. The summed E-state index contributed by atoms with van der Waals surface area (Å²) in [5.41, 5.74) is 1.25. The molecule has 2 aromatic heterocycles. The van der Waals surface area contributed by atoms with Crippen molar-refractivity contribution in [3.8, 4) is 17.0 Å². The molecule has 2 heterocycles. The molecule has 190 valence electrons. The van der Waals surface area contributed by atoms with E-state index in [1.165, 1.54) is 12.3 Å². The second-order valence-electron chi connectivity index (χ2n) is 9.92. The van der Waals surface area contributed by atoms with Crippen LogP contribution in [0.5, 0.6) is 5.88 Å². The monoisotopic (exact) mass is 496 g/mol. The molecule has 36 heavy (non-hydrogen) atoms. The number of H-pyrrole nitrogens is 1. The average molecular weight is 497 g/mol. The van der Waals surface area contributed by atoms with E-state index in [0.717, 1.165) is 12.8 Å². The number of aromatic amines is 1. The minimum atomic E-state index is -2.84. The molecule has 0 aliphatic heterocycles. The highest BCUT2D eigenvalue weighted by Crippen LogP contribution is 2.28. The van der Waals surface area contributed by atoms with E-state index in [-0.39, 0.29) is 29.8 Å². The Labute approximate surface area is 213 Å². The highest BCUT2D eigenvalue weighted by Gasteiger charge is 2.26. The summed E-state index contributed by atoms with van der Waals surface area (Å²) in [7, 11) is -2.84. The van der Waals surface area contributed by atoms with E-state index in [4.69, 9.17) is 13.6 Å². The van der Waals surface area contributed by atoms with Crippen LogP contribution in [0, 0.1) is 0 Å². The molecular weight excluding hydrogens is 462 g/mol. The zero-order chi connectivity index (χ0) is 28.5. The van der Waals surface area contributed by atoms with Crippen LogP contribution in [0.2, 0.25) is 0 Å². The molecule has 3 aromatic rings. The molecule has 4 rings (SSSR count). The number of carbonyl (C=O) groups is 3. The Hall–Kier alpha value is -3.95. The molecule has 0 saturated heterocycles. The molecule has 0 radical (unpaired) electrons. The molecule has 1 saturated carbocycles. The van der Waals surface area contributed by atoms with Crippen molar-refractivity contribution in [1.82, 2.24) is 25.8 Å². The van der Waals surface area contributed by atoms with Crippen molar-refractivity contribution >= 4 is 28.7 Å². The Morgan fingerprint density at radius 3 is 2.67 bits per heavy atom. The van der Waals surface area contributed by atoms with Crippen molar-refractivity contribution in [1.29, 1.82) is 0 Å². The maximum absolute atomic E-state index is 13.2. The van der Waals surface area contributed by atoms with Crippen molar-refractivity contribution in [2.45, 2.75) is 64.6 Å². The summed E-state index contributed by atoms with van der Waals surface area (Å²) in [6, 6.07) is 6.29. The number of fused-ring (bicyclic) bond motifs is 1. The van der Waals surface area contributed by atoms with Crippen LogP contribution in [0.25, 0.3) is 22.0 Å². The highest BCUT2D eigenvalue weighted by atomic mass is 16.6. The number of pyridine rings is 1. The fraction of sp³-hybridized carbons (Fsp3) is 0.423. The van der Waals surface area contributed by atoms with Gasteiger partial charge in [0.25, 0.3) is 11.8 Å². The van der Waals surface area contributed by atoms with E-state index in [1.807, 2.05) is 0 Å². The number of rotatable bonds is 8. The van der Waals surface area contributed by atoms with Crippen LogP contribution in [0.3, 0.4) is 0 Å². The van der Waals surface area contributed by atoms with E-state index >= 15 is 0 Å². The van der Waals surface area contributed by atoms with Crippen LogP contribution in [0.15, 0.2) is 30.5 Å². The van der Waals surface area contributed by atoms with Crippen LogP contribution in [0.1, 0.15) is 71.9 Å². The largest absolute Gasteiger partial charge is 0.480 e. The van der Waals surface area contributed by atoms with Gasteiger partial charge in [0.15, 0.2) is 5.69 Å². The van der Waals surface area contributed by atoms with Gasteiger partial charge in [0.1, 0.15) is 11.2 Å². The first-order valence-corrected chi connectivity index (χ1v) is 11.7. The van der Waals surface area contributed by atoms with Gasteiger partial charge >= 0.3 is 5.97 Å². The minimum Gasteiger partial charge on any atom is -0.480 e. The van der Waals surface area contributed by atoms with Crippen molar-refractivity contribution in [2.75, 3.05) is 7.04 Å². The topological polar surface area (TPSA) is 135 Å². The van der Waals surface area contributed by atoms with Crippen LogP contribution < -0.4 is 15.4 Å². The van der Waals surface area contributed by atoms with Crippen LogP contribution in [-0.4, -0.2) is 57.7 Å². The zero-order valence-electron chi connectivity index (χ0n) is 23.6. The predicted molar refractivity (Wildman–Crippen MR) is 134 cm³/mol. The molecule has 1 aliphatic rings. The first kappa shape index (κ1) is 21.3. The van der Waals surface area contributed by atoms with E-state index in [2.05, 4.69) is 25.8 Å². The summed E-state index contributed by atoms with van der Waals surface area (Å²) in [5, 5.41) is 13.2. The Morgan fingerprint density at radius 2 is 1.97 bits per heavy atom. The normalized spacial score (nSPS) is 15.8. The summed E-state index contributed by atoms with van der Waals surface area (Å²) in [6.45, 7) is 6.86. The second-order valence-corrected chi connectivity index (χ2v) is 9.92. The number of amides is 2. The minimum absolute atomic E-state index is 0.0846. The summed E-state index contributed by atoms with van der Waals surface area (Å²) in [5.74, 6) is -1.77. The molecule has 0 spiro atoms. The molecule has 10 heteroatoms. The standard InChI is InChI=1S/C26H31N5O5/c1-14(10-21(32)36-26(2,3)4)28-23(33)19-11-16(13-27-25(19)35-5)15-6-9-18-20(12-15)30-31-22(18)24(34)29-17-7-8-17/h6,9,11-14,17H,7-8,10H2,1-5H3,(H,28,33)(H,29,34)(H,30,31)/t14-/m1/s1/i5D3. The Morgan fingerprint density at radius 1 is 1.19 bits per heavy atom. The van der Waals surface area contributed by atoms with Crippen LogP contribution in [-0.2, 0) is 9.53 Å². The SMILES string of the molecule is [2H]C([2H])([2H])Oc1ncc(-c2ccc3c(C(=O)NC4CC4)n[nH]c3c2)cc1C(=O)N[C@H](C)CC(=O)OC(C)(C)C. The van der Waals surface area contributed by atoms with Crippen LogP contribution in [0.4, 0.5) is 0 Å². The molecule has 1 fully saturated rings. The third-order valence-electron chi connectivity index (χ3n) is 5.49. The van der Waals surface area contributed by atoms with Gasteiger partial charge in [-0.25, -0.2) is 4.98 Å². The first-order valence-electron chi connectivity index (χ1n) is 13.2. The molecule has 1 aromatic carbocycles. The average Bonchev–Trinajstić information content (AvgIpc) is 3.51. The number of hydrogen-bond acceptors (Lipinski definition) is 7. The number of carbonyl (C=O) groups excluding carboxylic acids is 3. The number of ether oxygens (including phenoxy) is 2. The summed E-state index contributed by atoms with van der Waals surface area (Å²) in [6.07, 6.45) is 3.23. The third kappa shape index (κ3) is 5.99. The fourth-order valence-corrected chi connectivity index (χ4v) is 3.69.